The average Bonchev–Trinajstić information content (AvgIpc) is 3.48. The molecule has 2 heterocycles. The van der Waals surface area contributed by atoms with Gasteiger partial charge in [-0.3, -0.25) is 0 Å². The summed E-state index contributed by atoms with van der Waals surface area (Å²) in [6.07, 6.45) is 0. The van der Waals surface area contributed by atoms with Crippen molar-refractivity contribution in [1.82, 2.24) is 0 Å². The highest BCUT2D eigenvalue weighted by atomic mass is 16.5. The molecule has 0 N–H and O–H groups in total. The normalized spacial score (nSPS) is 12.1. The van der Waals surface area contributed by atoms with Crippen molar-refractivity contribution >= 4 is 43.5 Å². The molecule has 0 amide bonds. The SMILES string of the molecule is c1ccc2cc3c(cc2c1)oc1cccc(-c2ccc(-c4ccc(-c5ccc6c(c5)-c5cccc7cccc(c57)O6)cc4)cc2)c13. The first-order valence-electron chi connectivity index (χ1n) is 15.7. The van der Waals surface area contributed by atoms with E-state index in [2.05, 4.69) is 158 Å². The first-order chi connectivity index (χ1) is 22.8. The predicted octanol–water partition coefficient (Wildman–Crippen LogP) is 12.7. The second-order valence-electron chi connectivity index (χ2n) is 12.1. The fourth-order valence-corrected chi connectivity index (χ4v) is 7.19. The van der Waals surface area contributed by atoms with Crippen LogP contribution in [0.2, 0.25) is 0 Å². The van der Waals surface area contributed by atoms with Crippen molar-refractivity contribution in [3.8, 4) is 56.0 Å². The number of ether oxygens (including phenoxy) is 1. The molecule has 0 unspecified atom stereocenters. The molecular formula is C44H26O2. The summed E-state index contributed by atoms with van der Waals surface area (Å²) in [5.74, 6) is 1.83. The molecule has 0 bridgehead atoms. The van der Waals surface area contributed by atoms with Gasteiger partial charge < -0.3 is 9.15 Å². The van der Waals surface area contributed by atoms with Crippen LogP contribution in [0.5, 0.6) is 11.5 Å². The second kappa shape index (κ2) is 9.69. The van der Waals surface area contributed by atoms with E-state index in [1.54, 1.807) is 0 Å². The minimum absolute atomic E-state index is 0.902. The lowest BCUT2D eigenvalue weighted by Crippen LogP contribution is -1.97. The summed E-state index contributed by atoms with van der Waals surface area (Å²) in [5.41, 5.74) is 11.3. The standard InChI is InChI=1S/C44H26O2/c1-2-7-33-26-42-38(25-32(33)6-1)44-35(10-5-13-41(44)46-42)30-20-18-28(19-21-30)27-14-16-29(17-15-27)34-22-23-39-37(24-34)36-11-3-8-31-9-4-12-40(45-39)43(31)36/h1-26H. The quantitative estimate of drug-likeness (QED) is 0.205. The summed E-state index contributed by atoms with van der Waals surface area (Å²) < 4.78 is 12.6. The topological polar surface area (TPSA) is 22.4 Å². The van der Waals surface area contributed by atoms with Gasteiger partial charge in [-0.1, -0.05) is 121 Å². The van der Waals surface area contributed by atoms with Crippen molar-refractivity contribution in [3.63, 3.8) is 0 Å². The number of hydrogen-bond acceptors (Lipinski definition) is 2. The van der Waals surface area contributed by atoms with Crippen LogP contribution in [-0.2, 0) is 0 Å². The highest BCUT2D eigenvalue weighted by Gasteiger charge is 2.20. The Bertz CT molecular complexity index is 2640. The van der Waals surface area contributed by atoms with Crippen LogP contribution >= 0.6 is 0 Å². The van der Waals surface area contributed by atoms with Gasteiger partial charge in [0.05, 0.1) is 0 Å². The Kier molecular flexibility index (Phi) is 5.31. The Morgan fingerprint density at radius 2 is 0.935 bits per heavy atom. The molecule has 10 rings (SSSR count). The maximum absolute atomic E-state index is 6.32. The van der Waals surface area contributed by atoms with Crippen LogP contribution in [0.3, 0.4) is 0 Å². The second-order valence-corrected chi connectivity index (χ2v) is 12.1. The number of fused-ring (bicyclic) bond motifs is 6. The van der Waals surface area contributed by atoms with E-state index < -0.39 is 0 Å². The number of hydrogen-bond donors (Lipinski definition) is 0. The number of benzene rings is 8. The van der Waals surface area contributed by atoms with Gasteiger partial charge in [-0.2, -0.15) is 0 Å². The summed E-state index contributed by atoms with van der Waals surface area (Å²) in [4.78, 5) is 0. The Balaban J connectivity index is 0.982. The smallest absolute Gasteiger partial charge is 0.136 e. The molecule has 1 aromatic heterocycles. The molecule has 8 aromatic carbocycles. The van der Waals surface area contributed by atoms with Gasteiger partial charge in [0.1, 0.15) is 22.7 Å². The molecule has 0 aliphatic carbocycles. The Labute approximate surface area is 265 Å². The first kappa shape index (κ1) is 25.2. The fourth-order valence-electron chi connectivity index (χ4n) is 7.19. The zero-order valence-electron chi connectivity index (χ0n) is 24.8. The van der Waals surface area contributed by atoms with Crippen molar-refractivity contribution in [2.45, 2.75) is 0 Å². The van der Waals surface area contributed by atoms with Gasteiger partial charge in [-0.25, -0.2) is 0 Å². The molecule has 214 valence electrons. The molecule has 0 saturated heterocycles. The van der Waals surface area contributed by atoms with Crippen molar-refractivity contribution in [3.05, 3.63) is 158 Å². The van der Waals surface area contributed by atoms with Gasteiger partial charge in [0.2, 0.25) is 0 Å². The predicted molar refractivity (Wildman–Crippen MR) is 191 cm³/mol. The van der Waals surface area contributed by atoms with Gasteiger partial charge in [-0.15, -0.1) is 0 Å². The van der Waals surface area contributed by atoms with E-state index in [-0.39, 0.29) is 0 Å². The summed E-state index contributed by atoms with van der Waals surface area (Å²) in [5, 5.41) is 7.10. The average molecular weight is 587 g/mol. The molecule has 46 heavy (non-hydrogen) atoms. The molecule has 0 spiro atoms. The summed E-state index contributed by atoms with van der Waals surface area (Å²) >= 11 is 0. The number of rotatable bonds is 3. The van der Waals surface area contributed by atoms with Crippen LogP contribution < -0.4 is 4.74 Å². The third kappa shape index (κ3) is 3.84. The summed E-state index contributed by atoms with van der Waals surface area (Å²) in [6.45, 7) is 0. The molecule has 0 fully saturated rings. The van der Waals surface area contributed by atoms with Gasteiger partial charge in [0.25, 0.3) is 0 Å². The van der Waals surface area contributed by atoms with Crippen LogP contribution in [-0.4, -0.2) is 0 Å². The molecule has 2 nitrogen and oxygen atoms in total. The molecule has 0 saturated carbocycles. The van der Waals surface area contributed by atoms with Gasteiger partial charge >= 0.3 is 0 Å². The van der Waals surface area contributed by atoms with Crippen LogP contribution in [0.25, 0.3) is 88.0 Å². The van der Waals surface area contributed by atoms with Crippen LogP contribution in [0, 0.1) is 0 Å². The van der Waals surface area contributed by atoms with Gasteiger partial charge in [0.15, 0.2) is 0 Å². The lowest BCUT2D eigenvalue weighted by molar-refractivity contribution is 0.487. The maximum atomic E-state index is 6.32. The Morgan fingerprint density at radius 1 is 0.326 bits per heavy atom. The highest BCUT2D eigenvalue weighted by molar-refractivity contribution is 6.15. The Morgan fingerprint density at radius 3 is 1.72 bits per heavy atom. The zero-order chi connectivity index (χ0) is 30.2. The molecule has 0 atom stereocenters. The van der Waals surface area contributed by atoms with E-state index in [1.165, 1.54) is 60.5 Å². The molecule has 0 radical (unpaired) electrons. The lowest BCUT2D eigenvalue weighted by Gasteiger charge is -2.22. The Hall–Kier alpha value is -6.12. The largest absolute Gasteiger partial charge is 0.456 e. The van der Waals surface area contributed by atoms with Crippen LogP contribution in [0.1, 0.15) is 0 Å². The van der Waals surface area contributed by atoms with Crippen molar-refractivity contribution in [2.24, 2.45) is 0 Å². The highest BCUT2D eigenvalue weighted by Crippen LogP contribution is 2.47. The minimum Gasteiger partial charge on any atom is -0.456 e. The third-order valence-electron chi connectivity index (χ3n) is 9.47. The molecule has 1 aliphatic heterocycles. The fraction of sp³-hybridized carbons (Fsp3) is 0. The third-order valence-corrected chi connectivity index (χ3v) is 9.47. The van der Waals surface area contributed by atoms with Crippen LogP contribution in [0.15, 0.2) is 162 Å². The molecular weight excluding hydrogens is 560 g/mol. The van der Waals surface area contributed by atoms with E-state index in [0.717, 1.165) is 39.0 Å². The van der Waals surface area contributed by atoms with E-state index in [0.29, 0.717) is 0 Å². The van der Waals surface area contributed by atoms with Crippen LogP contribution in [0.4, 0.5) is 0 Å². The number of furan rings is 1. The first-order valence-corrected chi connectivity index (χ1v) is 15.7. The molecule has 9 aromatic rings. The van der Waals surface area contributed by atoms with Crippen molar-refractivity contribution < 1.29 is 9.15 Å². The summed E-state index contributed by atoms with van der Waals surface area (Å²) in [6, 6.07) is 56.2. The van der Waals surface area contributed by atoms with Crippen molar-refractivity contribution in [1.29, 1.82) is 0 Å². The summed E-state index contributed by atoms with van der Waals surface area (Å²) in [7, 11) is 0. The molecule has 1 aliphatic rings. The van der Waals surface area contributed by atoms with E-state index >= 15 is 0 Å². The van der Waals surface area contributed by atoms with E-state index in [4.69, 9.17) is 9.15 Å². The van der Waals surface area contributed by atoms with Gasteiger partial charge in [-0.05, 0) is 91.5 Å². The van der Waals surface area contributed by atoms with Crippen molar-refractivity contribution in [2.75, 3.05) is 0 Å². The lowest BCUT2D eigenvalue weighted by atomic mass is 9.92. The monoisotopic (exact) mass is 586 g/mol. The minimum atomic E-state index is 0.902. The van der Waals surface area contributed by atoms with E-state index in [9.17, 15) is 0 Å². The maximum Gasteiger partial charge on any atom is 0.136 e. The van der Waals surface area contributed by atoms with Gasteiger partial charge in [0, 0.05) is 21.7 Å². The zero-order valence-corrected chi connectivity index (χ0v) is 24.8. The molecule has 2 heteroatoms. The van der Waals surface area contributed by atoms with E-state index in [1.807, 2.05) is 0 Å².